The molecule has 0 radical (unpaired) electrons. The van der Waals surface area contributed by atoms with E-state index in [9.17, 15) is 4.79 Å². The van der Waals surface area contributed by atoms with Crippen molar-refractivity contribution in [3.05, 3.63) is 54.1 Å². The largest absolute Gasteiger partial charge is 0.494 e. The van der Waals surface area contributed by atoms with Gasteiger partial charge in [0.1, 0.15) is 5.75 Å². The van der Waals surface area contributed by atoms with Crippen LogP contribution in [-0.4, -0.2) is 33.4 Å². The van der Waals surface area contributed by atoms with Crippen LogP contribution in [0.1, 0.15) is 45.4 Å². The van der Waals surface area contributed by atoms with Gasteiger partial charge in [0.2, 0.25) is 23.2 Å². The lowest BCUT2D eigenvalue weighted by molar-refractivity contribution is -0.118. The van der Waals surface area contributed by atoms with Gasteiger partial charge in [0.25, 0.3) is 0 Å². The third kappa shape index (κ3) is 4.55. The van der Waals surface area contributed by atoms with Crippen molar-refractivity contribution in [2.45, 2.75) is 45.0 Å². The number of thioether (sulfide) groups is 1. The second-order valence-corrected chi connectivity index (χ2v) is 8.39. The molecule has 1 aliphatic rings. The Labute approximate surface area is 192 Å². The summed E-state index contributed by atoms with van der Waals surface area (Å²) in [5.41, 5.74) is 2.77. The molecule has 1 aromatic heterocycles. The molecule has 3 aromatic rings. The van der Waals surface area contributed by atoms with Gasteiger partial charge in [0, 0.05) is 23.8 Å². The average Bonchev–Trinajstić information content (AvgIpc) is 2.94. The van der Waals surface area contributed by atoms with Crippen molar-refractivity contribution in [3.63, 3.8) is 0 Å². The summed E-state index contributed by atoms with van der Waals surface area (Å²) in [6.07, 6.45) is 1.45. The number of fused-ring (bicyclic) bond motifs is 3. The second-order valence-electron chi connectivity index (χ2n) is 7.33. The third-order valence-electron chi connectivity index (χ3n) is 5.03. The zero-order chi connectivity index (χ0) is 22.5. The highest BCUT2D eigenvalue weighted by atomic mass is 32.2. The van der Waals surface area contributed by atoms with Crippen LogP contribution in [0.25, 0.3) is 11.3 Å². The van der Waals surface area contributed by atoms with E-state index in [0.29, 0.717) is 34.8 Å². The number of unbranched alkanes of at least 4 members (excludes halogenated alkanes) is 1. The van der Waals surface area contributed by atoms with Gasteiger partial charge in [0.05, 0.1) is 12.3 Å². The molecule has 0 bridgehead atoms. The maximum atomic E-state index is 12.9. The Balaban J connectivity index is 1.84. The van der Waals surface area contributed by atoms with Gasteiger partial charge in [-0.2, -0.15) is 4.98 Å². The topological polar surface area (TPSA) is 77.4 Å². The summed E-state index contributed by atoms with van der Waals surface area (Å²) in [4.78, 5) is 19.2. The minimum atomic E-state index is -0.722. The van der Waals surface area contributed by atoms with Crippen molar-refractivity contribution in [1.82, 2.24) is 15.2 Å². The van der Waals surface area contributed by atoms with E-state index in [1.165, 1.54) is 6.92 Å². The first-order chi connectivity index (χ1) is 15.6. The SMILES string of the molecule is CCCCSc1nnc2c(n1)OC(c1cccc(OCC)c1)N(C(C)=O)c1ccccc1-2. The minimum absolute atomic E-state index is 0.150. The van der Waals surface area contributed by atoms with Crippen LogP contribution in [0.2, 0.25) is 0 Å². The molecular weight excluding hydrogens is 424 g/mol. The summed E-state index contributed by atoms with van der Waals surface area (Å²) in [7, 11) is 0. The first kappa shape index (κ1) is 22.1. The molecular formula is C24H26N4O3S. The van der Waals surface area contributed by atoms with Crippen molar-refractivity contribution in [1.29, 1.82) is 0 Å². The maximum absolute atomic E-state index is 12.9. The molecule has 0 saturated heterocycles. The van der Waals surface area contributed by atoms with E-state index in [0.717, 1.165) is 29.7 Å². The van der Waals surface area contributed by atoms with E-state index in [1.54, 1.807) is 16.7 Å². The Morgan fingerprint density at radius 1 is 1.16 bits per heavy atom. The van der Waals surface area contributed by atoms with E-state index >= 15 is 0 Å². The molecule has 0 N–H and O–H groups in total. The van der Waals surface area contributed by atoms with E-state index < -0.39 is 6.23 Å². The average molecular weight is 451 g/mol. The molecule has 0 spiro atoms. The number of hydrogen-bond donors (Lipinski definition) is 0. The molecule has 1 aliphatic heterocycles. The summed E-state index contributed by atoms with van der Waals surface area (Å²) in [6.45, 7) is 6.16. The number of amides is 1. The molecule has 2 aromatic carbocycles. The summed E-state index contributed by atoms with van der Waals surface area (Å²) in [5, 5.41) is 9.32. The molecule has 2 heterocycles. The van der Waals surface area contributed by atoms with Gasteiger partial charge in [-0.1, -0.05) is 55.4 Å². The fourth-order valence-electron chi connectivity index (χ4n) is 3.56. The number of hydrogen-bond acceptors (Lipinski definition) is 7. The van der Waals surface area contributed by atoms with Crippen LogP contribution in [0.3, 0.4) is 0 Å². The molecule has 0 saturated carbocycles. The number of ether oxygens (including phenoxy) is 2. The van der Waals surface area contributed by atoms with Crippen molar-refractivity contribution in [3.8, 4) is 22.9 Å². The maximum Gasteiger partial charge on any atom is 0.247 e. The van der Waals surface area contributed by atoms with Crippen LogP contribution >= 0.6 is 11.8 Å². The number of para-hydroxylation sites is 1. The van der Waals surface area contributed by atoms with Gasteiger partial charge in [-0.25, -0.2) is 0 Å². The number of carbonyl (C=O) groups is 1. The van der Waals surface area contributed by atoms with Crippen LogP contribution < -0.4 is 14.4 Å². The molecule has 1 amide bonds. The molecule has 0 aliphatic carbocycles. The Kier molecular flexibility index (Phi) is 6.90. The van der Waals surface area contributed by atoms with Crippen LogP contribution in [-0.2, 0) is 4.79 Å². The van der Waals surface area contributed by atoms with E-state index in [4.69, 9.17) is 9.47 Å². The van der Waals surface area contributed by atoms with Crippen LogP contribution in [0.15, 0.2) is 53.7 Å². The van der Waals surface area contributed by atoms with E-state index in [-0.39, 0.29) is 5.91 Å². The molecule has 32 heavy (non-hydrogen) atoms. The normalized spacial score (nSPS) is 14.7. The third-order valence-corrected chi connectivity index (χ3v) is 5.96. The van der Waals surface area contributed by atoms with Crippen molar-refractivity contribution >= 4 is 23.4 Å². The van der Waals surface area contributed by atoms with Gasteiger partial charge in [0.15, 0.2) is 5.69 Å². The van der Waals surface area contributed by atoms with E-state index in [2.05, 4.69) is 22.1 Å². The fraction of sp³-hybridized carbons (Fsp3) is 0.333. The van der Waals surface area contributed by atoms with Gasteiger partial charge in [-0.3, -0.25) is 9.69 Å². The Bertz CT molecular complexity index is 1110. The summed E-state index contributed by atoms with van der Waals surface area (Å²) < 4.78 is 12.1. The Hall–Kier alpha value is -3.13. The Morgan fingerprint density at radius 2 is 2.00 bits per heavy atom. The van der Waals surface area contributed by atoms with Crippen LogP contribution in [0.5, 0.6) is 11.6 Å². The zero-order valence-electron chi connectivity index (χ0n) is 18.4. The van der Waals surface area contributed by atoms with Gasteiger partial charge < -0.3 is 9.47 Å². The molecule has 7 nitrogen and oxygen atoms in total. The number of anilines is 1. The predicted octanol–water partition coefficient (Wildman–Crippen LogP) is 5.27. The molecule has 8 heteroatoms. The van der Waals surface area contributed by atoms with Crippen LogP contribution in [0.4, 0.5) is 5.69 Å². The molecule has 1 atom stereocenters. The quantitative estimate of drug-likeness (QED) is 0.358. The predicted molar refractivity (Wildman–Crippen MR) is 125 cm³/mol. The Morgan fingerprint density at radius 3 is 2.78 bits per heavy atom. The number of benzene rings is 2. The van der Waals surface area contributed by atoms with Gasteiger partial charge in [-0.05, 0) is 31.5 Å². The summed E-state index contributed by atoms with van der Waals surface area (Å²) >= 11 is 1.55. The minimum Gasteiger partial charge on any atom is -0.494 e. The lowest BCUT2D eigenvalue weighted by atomic mass is 10.1. The first-order valence-electron chi connectivity index (χ1n) is 10.8. The van der Waals surface area contributed by atoms with Crippen LogP contribution in [0, 0.1) is 0 Å². The monoisotopic (exact) mass is 450 g/mol. The number of aromatic nitrogens is 3. The lowest BCUT2D eigenvalue weighted by Gasteiger charge is -2.30. The first-order valence-corrected chi connectivity index (χ1v) is 11.8. The number of nitrogens with zero attached hydrogens (tertiary/aromatic N) is 4. The van der Waals surface area contributed by atoms with Gasteiger partial charge >= 0.3 is 0 Å². The molecule has 1 unspecified atom stereocenters. The number of carbonyl (C=O) groups excluding carboxylic acids is 1. The van der Waals surface area contributed by atoms with Crippen molar-refractivity contribution in [2.24, 2.45) is 0 Å². The highest BCUT2D eigenvalue weighted by Gasteiger charge is 2.34. The van der Waals surface area contributed by atoms with E-state index in [1.807, 2.05) is 55.5 Å². The highest BCUT2D eigenvalue weighted by molar-refractivity contribution is 7.99. The highest BCUT2D eigenvalue weighted by Crippen LogP contribution is 2.43. The molecule has 166 valence electrons. The second kappa shape index (κ2) is 9.99. The zero-order valence-corrected chi connectivity index (χ0v) is 19.3. The fourth-order valence-corrected chi connectivity index (χ4v) is 4.42. The standard InChI is InChI=1S/C24H26N4O3S/c1-4-6-14-32-24-25-22-21(26-27-24)19-12-7-8-13-20(19)28(16(3)29)23(31-22)17-10-9-11-18(15-17)30-5-2/h7-13,15,23H,4-6,14H2,1-3H3. The molecule has 4 rings (SSSR count). The molecule has 0 fully saturated rings. The smallest absolute Gasteiger partial charge is 0.247 e. The summed E-state index contributed by atoms with van der Waals surface area (Å²) in [6, 6.07) is 15.2. The summed E-state index contributed by atoms with van der Waals surface area (Å²) in [5.74, 6) is 1.84. The number of rotatable bonds is 7. The van der Waals surface area contributed by atoms with Crippen molar-refractivity contribution < 1.29 is 14.3 Å². The van der Waals surface area contributed by atoms with Gasteiger partial charge in [-0.15, -0.1) is 10.2 Å². The van der Waals surface area contributed by atoms with Crippen molar-refractivity contribution in [2.75, 3.05) is 17.3 Å². The lowest BCUT2D eigenvalue weighted by Crippen LogP contribution is -2.36.